The molecule has 0 unspecified atom stereocenters. The van der Waals surface area contributed by atoms with Gasteiger partial charge in [-0.15, -0.1) is 0 Å². The predicted octanol–water partition coefficient (Wildman–Crippen LogP) is 2.49. The number of aromatic nitrogens is 2. The Hall–Kier alpha value is -2.37. The monoisotopic (exact) mass is 291 g/mol. The van der Waals surface area contributed by atoms with E-state index in [0.29, 0.717) is 28.8 Å². The summed E-state index contributed by atoms with van der Waals surface area (Å²) in [6.45, 7) is 4.72. The quantitative estimate of drug-likeness (QED) is 0.916. The van der Waals surface area contributed by atoms with Crippen LogP contribution in [0.4, 0.5) is 5.82 Å². The first-order chi connectivity index (χ1) is 10.1. The Morgan fingerprint density at radius 1 is 1.10 bits per heavy atom. The zero-order chi connectivity index (χ0) is 15.6. The molecule has 0 saturated carbocycles. The fourth-order valence-electron chi connectivity index (χ4n) is 2.47. The fraction of sp³-hybridized carbons (Fsp3) is 0.400. The number of aryl methyl sites for hydroxylation is 1. The zero-order valence-electron chi connectivity index (χ0n) is 13.1. The van der Waals surface area contributed by atoms with Crippen LogP contribution in [0.15, 0.2) is 12.1 Å². The van der Waals surface area contributed by atoms with E-state index in [1.54, 1.807) is 21.3 Å². The maximum Gasteiger partial charge on any atom is 0.203 e. The topological polar surface area (TPSA) is 71.5 Å². The summed E-state index contributed by atoms with van der Waals surface area (Å²) >= 11 is 0. The molecule has 6 heteroatoms. The van der Waals surface area contributed by atoms with Gasteiger partial charge in [-0.2, -0.15) is 0 Å². The zero-order valence-corrected chi connectivity index (χ0v) is 13.1. The van der Waals surface area contributed by atoms with Gasteiger partial charge < -0.3 is 24.5 Å². The molecule has 2 aromatic rings. The molecule has 114 valence electrons. The molecular weight excluding hydrogens is 270 g/mol. The van der Waals surface area contributed by atoms with Gasteiger partial charge in [0.2, 0.25) is 5.75 Å². The molecule has 2 N–H and O–H groups in total. The molecule has 0 aliphatic heterocycles. The Kier molecular flexibility index (Phi) is 4.26. The molecule has 0 amide bonds. The summed E-state index contributed by atoms with van der Waals surface area (Å²) in [6.07, 6.45) is 0. The van der Waals surface area contributed by atoms with Gasteiger partial charge in [0.15, 0.2) is 11.5 Å². The molecule has 1 heterocycles. The van der Waals surface area contributed by atoms with E-state index in [2.05, 4.69) is 4.98 Å². The van der Waals surface area contributed by atoms with E-state index in [4.69, 9.17) is 19.9 Å². The SMILES string of the molecule is CCn1c(C)nc(-c2ccc(OC)c(OC)c2OC)c1N. The summed E-state index contributed by atoms with van der Waals surface area (Å²) in [6, 6.07) is 3.69. The van der Waals surface area contributed by atoms with Crippen molar-refractivity contribution in [1.82, 2.24) is 9.55 Å². The summed E-state index contributed by atoms with van der Waals surface area (Å²) in [4.78, 5) is 4.55. The lowest BCUT2D eigenvalue weighted by atomic mass is 10.1. The van der Waals surface area contributed by atoms with Crippen LogP contribution in [0.25, 0.3) is 11.3 Å². The number of hydrogen-bond acceptors (Lipinski definition) is 5. The molecule has 0 radical (unpaired) electrons. The lowest BCUT2D eigenvalue weighted by Crippen LogP contribution is -2.03. The first kappa shape index (κ1) is 15.0. The highest BCUT2D eigenvalue weighted by Crippen LogP contribution is 2.45. The standard InChI is InChI=1S/C15H21N3O3/c1-6-18-9(2)17-12(15(18)16)10-7-8-11(19-3)14(21-5)13(10)20-4/h7-8H,6,16H2,1-5H3. The Bertz CT molecular complexity index is 650. The van der Waals surface area contributed by atoms with Gasteiger partial charge in [-0.05, 0) is 26.0 Å². The Labute approximate surface area is 124 Å². The molecule has 0 bridgehead atoms. The number of methoxy groups -OCH3 is 3. The molecule has 0 aliphatic carbocycles. The van der Waals surface area contributed by atoms with Crippen LogP contribution in [0, 0.1) is 6.92 Å². The molecule has 1 aromatic carbocycles. The summed E-state index contributed by atoms with van der Waals surface area (Å²) < 4.78 is 18.1. The van der Waals surface area contributed by atoms with Crippen LogP contribution in [-0.2, 0) is 6.54 Å². The van der Waals surface area contributed by atoms with Crippen molar-refractivity contribution in [3.63, 3.8) is 0 Å². The van der Waals surface area contributed by atoms with Crippen LogP contribution in [0.5, 0.6) is 17.2 Å². The number of ether oxygens (including phenoxy) is 3. The van der Waals surface area contributed by atoms with E-state index < -0.39 is 0 Å². The second-order valence-corrected chi connectivity index (χ2v) is 4.52. The summed E-state index contributed by atoms with van der Waals surface area (Å²) in [5, 5.41) is 0. The van der Waals surface area contributed by atoms with Crippen molar-refractivity contribution in [2.45, 2.75) is 20.4 Å². The van der Waals surface area contributed by atoms with Crippen molar-refractivity contribution >= 4 is 5.82 Å². The van der Waals surface area contributed by atoms with Gasteiger partial charge in [-0.25, -0.2) is 4.98 Å². The average Bonchev–Trinajstić information content (AvgIpc) is 2.79. The van der Waals surface area contributed by atoms with E-state index in [-0.39, 0.29) is 0 Å². The summed E-state index contributed by atoms with van der Waals surface area (Å²) in [7, 11) is 4.74. The minimum atomic E-state index is 0.528. The number of nitrogen functional groups attached to an aromatic ring is 1. The van der Waals surface area contributed by atoms with Crippen molar-refractivity contribution in [2.75, 3.05) is 27.1 Å². The second kappa shape index (κ2) is 5.95. The lowest BCUT2D eigenvalue weighted by Gasteiger charge is -2.15. The smallest absolute Gasteiger partial charge is 0.203 e. The largest absolute Gasteiger partial charge is 0.493 e. The number of hydrogen-bond donors (Lipinski definition) is 1. The first-order valence-corrected chi connectivity index (χ1v) is 6.70. The van der Waals surface area contributed by atoms with Gasteiger partial charge in [-0.1, -0.05) is 0 Å². The van der Waals surface area contributed by atoms with Gasteiger partial charge >= 0.3 is 0 Å². The minimum Gasteiger partial charge on any atom is -0.493 e. The maximum absolute atomic E-state index is 6.21. The summed E-state index contributed by atoms with van der Waals surface area (Å²) in [5.41, 5.74) is 7.67. The number of rotatable bonds is 5. The van der Waals surface area contributed by atoms with Gasteiger partial charge in [0, 0.05) is 6.54 Å². The third-order valence-electron chi connectivity index (χ3n) is 3.47. The van der Waals surface area contributed by atoms with Crippen LogP contribution in [0.2, 0.25) is 0 Å². The third-order valence-corrected chi connectivity index (χ3v) is 3.47. The number of benzene rings is 1. The van der Waals surface area contributed by atoms with Gasteiger partial charge in [-0.3, -0.25) is 0 Å². The Morgan fingerprint density at radius 2 is 1.76 bits per heavy atom. The van der Waals surface area contributed by atoms with Gasteiger partial charge in [0.25, 0.3) is 0 Å². The van der Waals surface area contributed by atoms with Gasteiger partial charge in [0.1, 0.15) is 17.3 Å². The van der Waals surface area contributed by atoms with E-state index in [1.165, 1.54) is 0 Å². The van der Waals surface area contributed by atoms with Crippen molar-refractivity contribution in [3.05, 3.63) is 18.0 Å². The molecule has 0 fully saturated rings. The molecule has 0 atom stereocenters. The highest BCUT2D eigenvalue weighted by molar-refractivity contribution is 5.80. The third kappa shape index (κ3) is 2.37. The number of nitrogens with two attached hydrogens (primary N) is 1. The normalized spacial score (nSPS) is 10.5. The molecular formula is C15H21N3O3. The van der Waals surface area contributed by atoms with Crippen molar-refractivity contribution < 1.29 is 14.2 Å². The molecule has 6 nitrogen and oxygen atoms in total. The van der Waals surface area contributed by atoms with E-state index >= 15 is 0 Å². The average molecular weight is 291 g/mol. The molecule has 0 saturated heterocycles. The van der Waals surface area contributed by atoms with E-state index in [1.807, 2.05) is 30.5 Å². The Morgan fingerprint density at radius 3 is 2.24 bits per heavy atom. The molecule has 21 heavy (non-hydrogen) atoms. The van der Waals surface area contributed by atoms with E-state index in [9.17, 15) is 0 Å². The number of nitrogens with zero attached hydrogens (tertiary/aromatic N) is 2. The second-order valence-electron chi connectivity index (χ2n) is 4.52. The summed E-state index contributed by atoms with van der Waals surface area (Å²) in [5.74, 6) is 3.16. The first-order valence-electron chi connectivity index (χ1n) is 6.70. The van der Waals surface area contributed by atoms with Gasteiger partial charge in [0.05, 0.1) is 26.9 Å². The fourth-order valence-corrected chi connectivity index (χ4v) is 2.47. The van der Waals surface area contributed by atoms with Crippen molar-refractivity contribution in [1.29, 1.82) is 0 Å². The highest BCUT2D eigenvalue weighted by atomic mass is 16.5. The highest BCUT2D eigenvalue weighted by Gasteiger charge is 2.21. The van der Waals surface area contributed by atoms with Crippen LogP contribution in [-0.4, -0.2) is 30.9 Å². The van der Waals surface area contributed by atoms with Crippen LogP contribution >= 0.6 is 0 Å². The van der Waals surface area contributed by atoms with Crippen molar-refractivity contribution in [2.24, 2.45) is 0 Å². The molecule has 2 rings (SSSR count). The van der Waals surface area contributed by atoms with Crippen LogP contribution in [0.3, 0.4) is 0 Å². The maximum atomic E-state index is 6.21. The molecule has 0 spiro atoms. The Balaban J connectivity index is 2.70. The molecule has 1 aromatic heterocycles. The minimum absolute atomic E-state index is 0.528. The molecule has 0 aliphatic rings. The van der Waals surface area contributed by atoms with Crippen LogP contribution < -0.4 is 19.9 Å². The van der Waals surface area contributed by atoms with Crippen molar-refractivity contribution in [3.8, 4) is 28.5 Å². The number of anilines is 1. The predicted molar refractivity (Wildman–Crippen MR) is 82.1 cm³/mol. The number of imidazole rings is 1. The van der Waals surface area contributed by atoms with Crippen LogP contribution in [0.1, 0.15) is 12.7 Å². The van der Waals surface area contributed by atoms with E-state index in [0.717, 1.165) is 17.9 Å². The lowest BCUT2D eigenvalue weighted by molar-refractivity contribution is 0.325.